The van der Waals surface area contributed by atoms with Crippen LogP contribution in [0.2, 0.25) is 0 Å². The van der Waals surface area contributed by atoms with Gasteiger partial charge < -0.3 is 5.11 Å². The summed E-state index contributed by atoms with van der Waals surface area (Å²) in [6.45, 7) is 2.67. The highest BCUT2D eigenvalue weighted by Gasteiger charge is 2.22. The number of amides is 1. The number of benzene rings is 1. The predicted octanol–water partition coefficient (Wildman–Crippen LogP) is 1.05. The van der Waals surface area contributed by atoms with Gasteiger partial charge in [0.2, 0.25) is 0 Å². The molecule has 0 unspecified atom stereocenters. The van der Waals surface area contributed by atoms with Gasteiger partial charge in [0.15, 0.2) is 0 Å². The number of aliphatic hydroxyl groups is 1. The highest BCUT2D eigenvalue weighted by molar-refractivity contribution is 5.86. The Labute approximate surface area is 92.8 Å². The van der Waals surface area contributed by atoms with Crippen LogP contribution in [-0.2, 0) is 4.79 Å². The monoisotopic (exact) mass is 224 g/mol. The van der Waals surface area contributed by atoms with E-state index in [1.165, 1.54) is 32.2 Å². The Morgan fingerprint density at radius 1 is 1.50 bits per heavy atom. The van der Waals surface area contributed by atoms with Crippen molar-refractivity contribution in [2.75, 3.05) is 0 Å². The number of hydrogen-bond acceptors (Lipinski definition) is 3. The van der Waals surface area contributed by atoms with E-state index in [9.17, 15) is 14.3 Å². The maximum absolute atomic E-state index is 13.1. The minimum atomic E-state index is -1.51. The number of carbonyl (C=O) groups is 1. The zero-order chi connectivity index (χ0) is 12.2. The van der Waals surface area contributed by atoms with Crippen molar-refractivity contribution in [3.63, 3.8) is 0 Å². The van der Waals surface area contributed by atoms with Gasteiger partial charge in [0.1, 0.15) is 11.4 Å². The number of nitrogens with zero attached hydrogens (tertiary/aromatic N) is 1. The molecule has 0 aliphatic carbocycles. The van der Waals surface area contributed by atoms with Crippen LogP contribution in [0.3, 0.4) is 0 Å². The summed E-state index contributed by atoms with van der Waals surface area (Å²) in [6, 6.07) is 6.03. The Hall–Kier alpha value is -1.75. The number of carbonyl (C=O) groups excluding carboxylic acids is 1. The van der Waals surface area contributed by atoms with E-state index >= 15 is 0 Å². The van der Waals surface area contributed by atoms with Gasteiger partial charge in [0.05, 0.1) is 6.21 Å². The maximum atomic E-state index is 13.1. The van der Waals surface area contributed by atoms with E-state index in [2.05, 4.69) is 10.5 Å². The molecule has 0 aliphatic heterocycles. The first-order valence-electron chi connectivity index (χ1n) is 4.71. The van der Waals surface area contributed by atoms with E-state index in [1.807, 2.05) is 0 Å². The third-order valence-corrected chi connectivity index (χ3v) is 1.83. The standard InChI is InChI=1S/C11H13FN2O2/c1-11(2,16)10(15)14-13-7-8-5-3-4-6-9(8)12/h3-7,16H,1-2H3,(H,14,15)/b13-7+. The minimum absolute atomic E-state index is 0.263. The molecular weight excluding hydrogens is 211 g/mol. The van der Waals surface area contributed by atoms with Crippen molar-refractivity contribution in [2.45, 2.75) is 19.4 Å². The van der Waals surface area contributed by atoms with Gasteiger partial charge in [-0.15, -0.1) is 0 Å². The Morgan fingerprint density at radius 3 is 2.69 bits per heavy atom. The molecule has 0 radical (unpaired) electrons. The number of rotatable bonds is 3. The van der Waals surface area contributed by atoms with Crippen molar-refractivity contribution in [3.8, 4) is 0 Å². The first-order valence-corrected chi connectivity index (χ1v) is 4.71. The molecule has 16 heavy (non-hydrogen) atoms. The molecule has 0 aliphatic rings. The van der Waals surface area contributed by atoms with Crippen molar-refractivity contribution in [1.29, 1.82) is 0 Å². The molecule has 0 fully saturated rings. The second-order valence-electron chi connectivity index (χ2n) is 3.78. The lowest BCUT2D eigenvalue weighted by Crippen LogP contribution is -2.39. The van der Waals surface area contributed by atoms with E-state index in [-0.39, 0.29) is 5.56 Å². The van der Waals surface area contributed by atoms with Gasteiger partial charge >= 0.3 is 0 Å². The molecule has 0 aromatic heterocycles. The molecule has 0 saturated heterocycles. The number of hydrazone groups is 1. The maximum Gasteiger partial charge on any atom is 0.271 e. The molecule has 0 heterocycles. The molecule has 2 N–H and O–H groups in total. The van der Waals surface area contributed by atoms with Crippen molar-refractivity contribution in [1.82, 2.24) is 5.43 Å². The number of hydrogen-bond donors (Lipinski definition) is 2. The molecule has 1 amide bonds. The number of halogens is 1. The quantitative estimate of drug-likeness (QED) is 0.595. The third kappa shape index (κ3) is 3.43. The molecule has 0 bridgehead atoms. The molecule has 1 aromatic carbocycles. The van der Waals surface area contributed by atoms with E-state index in [4.69, 9.17) is 0 Å². The zero-order valence-electron chi connectivity index (χ0n) is 9.07. The fraction of sp³-hybridized carbons (Fsp3) is 0.273. The predicted molar refractivity (Wildman–Crippen MR) is 58.4 cm³/mol. The number of nitrogens with one attached hydrogen (secondary N) is 1. The van der Waals surface area contributed by atoms with E-state index < -0.39 is 17.3 Å². The molecule has 1 rings (SSSR count). The average molecular weight is 224 g/mol. The summed E-state index contributed by atoms with van der Waals surface area (Å²) >= 11 is 0. The van der Waals surface area contributed by atoms with Crippen LogP contribution in [0.4, 0.5) is 4.39 Å². The van der Waals surface area contributed by atoms with Crippen molar-refractivity contribution < 1.29 is 14.3 Å². The fourth-order valence-corrected chi connectivity index (χ4v) is 0.877. The third-order valence-electron chi connectivity index (χ3n) is 1.83. The smallest absolute Gasteiger partial charge is 0.271 e. The van der Waals surface area contributed by atoms with Gasteiger partial charge in [0.25, 0.3) is 5.91 Å². The van der Waals surface area contributed by atoms with Crippen LogP contribution < -0.4 is 5.43 Å². The van der Waals surface area contributed by atoms with Crippen molar-refractivity contribution in [2.24, 2.45) is 5.10 Å². The normalized spacial score (nSPS) is 11.8. The molecule has 0 saturated carbocycles. The van der Waals surface area contributed by atoms with Crippen LogP contribution in [0.15, 0.2) is 29.4 Å². The lowest BCUT2D eigenvalue weighted by Gasteiger charge is -2.13. The summed E-state index contributed by atoms with van der Waals surface area (Å²) in [5, 5.41) is 12.8. The molecule has 86 valence electrons. The first-order chi connectivity index (χ1) is 7.41. The summed E-state index contributed by atoms with van der Waals surface area (Å²) < 4.78 is 13.1. The molecule has 0 atom stereocenters. The average Bonchev–Trinajstić information content (AvgIpc) is 2.19. The Kier molecular flexibility index (Phi) is 3.73. The van der Waals surface area contributed by atoms with Gasteiger partial charge in [-0.05, 0) is 19.9 Å². The van der Waals surface area contributed by atoms with E-state index in [1.54, 1.807) is 12.1 Å². The summed E-state index contributed by atoms with van der Waals surface area (Å²) in [5.74, 6) is -1.08. The second kappa shape index (κ2) is 4.85. The van der Waals surface area contributed by atoms with Crippen LogP contribution in [-0.4, -0.2) is 22.8 Å². The topological polar surface area (TPSA) is 61.7 Å². The molecular formula is C11H13FN2O2. The molecule has 0 spiro atoms. The highest BCUT2D eigenvalue weighted by Crippen LogP contribution is 2.03. The van der Waals surface area contributed by atoms with Gasteiger partial charge in [-0.2, -0.15) is 5.10 Å². The lowest BCUT2D eigenvalue weighted by atomic mass is 10.1. The Bertz CT molecular complexity index is 411. The zero-order valence-corrected chi connectivity index (χ0v) is 9.07. The van der Waals surface area contributed by atoms with Crippen LogP contribution in [0.1, 0.15) is 19.4 Å². The van der Waals surface area contributed by atoms with E-state index in [0.29, 0.717) is 0 Å². The first kappa shape index (κ1) is 12.3. The van der Waals surface area contributed by atoms with Gasteiger partial charge in [-0.3, -0.25) is 4.79 Å². The summed E-state index contributed by atoms with van der Waals surface area (Å²) in [4.78, 5) is 11.2. The molecule has 4 nitrogen and oxygen atoms in total. The molecule has 5 heteroatoms. The highest BCUT2D eigenvalue weighted by atomic mass is 19.1. The Balaban J connectivity index is 2.63. The van der Waals surface area contributed by atoms with Crippen LogP contribution >= 0.6 is 0 Å². The SMILES string of the molecule is CC(C)(O)C(=O)N/N=C/c1ccccc1F. The van der Waals surface area contributed by atoms with Gasteiger partial charge in [-0.25, -0.2) is 9.82 Å². The van der Waals surface area contributed by atoms with Crippen molar-refractivity contribution >= 4 is 12.1 Å². The minimum Gasteiger partial charge on any atom is -0.381 e. The summed E-state index contributed by atoms with van der Waals surface area (Å²) in [5.41, 5.74) is 0.867. The molecule has 1 aromatic rings. The fourth-order valence-electron chi connectivity index (χ4n) is 0.877. The van der Waals surface area contributed by atoms with Crippen molar-refractivity contribution in [3.05, 3.63) is 35.6 Å². The largest absolute Gasteiger partial charge is 0.381 e. The second-order valence-corrected chi connectivity index (χ2v) is 3.78. The van der Waals surface area contributed by atoms with Crippen LogP contribution in [0.25, 0.3) is 0 Å². The summed E-state index contributed by atoms with van der Waals surface area (Å²) in [7, 11) is 0. The lowest BCUT2D eigenvalue weighted by molar-refractivity contribution is -0.136. The van der Waals surface area contributed by atoms with Gasteiger partial charge in [0, 0.05) is 5.56 Å². The summed E-state index contributed by atoms with van der Waals surface area (Å²) in [6.07, 6.45) is 1.18. The van der Waals surface area contributed by atoms with Gasteiger partial charge in [-0.1, -0.05) is 18.2 Å². The van der Waals surface area contributed by atoms with E-state index in [0.717, 1.165) is 0 Å². The van der Waals surface area contributed by atoms with Crippen LogP contribution in [0, 0.1) is 5.82 Å². The Morgan fingerprint density at radius 2 is 2.12 bits per heavy atom. The van der Waals surface area contributed by atoms with Crippen LogP contribution in [0.5, 0.6) is 0 Å².